The lowest BCUT2D eigenvalue weighted by atomic mass is 9.96. The molecule has 130 valence electrons. The first-order chi connectivity index (χ1) is 10.9. The zero-order valence-corrected chi connectivity index (χ0v) is 15.6. The fourth-order valence-electron chi connectivity index (χ4n) is 1.70. The van der Waals surface area contributed by atoms with Crippen LogP contribution >= 0.6 is 11.3 Å². The van der Waals surface area contributed by atoms with Crippen molar-refractivity contribution in [1.82, 2.24) is 20.9 Å². The topological polar surface area (TPSA) is 78.4 Å². The molecular weight excluding hydrogens is 310 g/mol. The minimum atomic E-state index is -0.361. The summed E-state index contributed by atoms with van der Waals surface area (Å²) in [5.41, 5.74) is -0.361. The van der Waals surface area contributed by atoms with Crippen LogP contribution in [0.25, 0.3) is 0 Å². The fourth-order valence-corrected chi connectivity index (χ4v) is 2.48. The molecule has 0 bridgehead atoms. The van der Waals surface area contributed by atoms with Gasteiger partial charge in [-0.2, -0.15) is 0 Å². The maximum absolute atomic E-state index is 11.8. The molecule has 0 aromatic carbocycles. The van der Waals surface area contributed by atoms with Gasteiger partial charge in [-0.15, -0.1) is 11.3 Å². The van der Waals surface area contributed by atoms with E-state index in [1.54, 1.807) is 11.3 Å². The maximum Gasteiger partial charge on any atom is 0.225 e. The zero-order valence-electron chi connectivity index (χ0n) is 14.8. The Morgan fingerprint density at radius 3 is 2.48 bits per heavy atom. The van der Waals surface area contributed by atoms with E-state index in [4.69, 9.17) is 0 Å². The van der Waals surface area contributed by atoms with Crippen LogP contribution in [0.3, 0.4) is 0 Å². The number of rotatable bonds is 7. The number of nitrogens with one attached hydrogen (secondary N) is 3. The van der Waals surface area contributed by atoms with Crippen LogP contribution in [0, 0.1) is 5.41 Å². The minimum absolute atomic E-state index is 0.0520. The molecule has 0 saturated carbocycles. The van der Waals surface area contributed by atoms with Crippen LogP contribution in [0.4, 0.5) is 0 Å². The molecule has 23 heavy (non-hydrogen) atoms. The van der Waals surface area contributed by atoms with Gasteiger partial charge < -0.3 is 16.0 Å². The lowest BCUT2D eigenvalue weighted by molar-refractivity contribution is -0.128. The summed E-state index contributed by atoms with van der Waals surface area (Å²) in [7, 11) is 0. The van der Waals surface area contributed by atoms with Gasteiger partial charge in [0.1, 0.15) is 5.01 Å². The van der Waals surface area contributed by atoms with Gasteiger partial charge in [0, 0.05) is 36.1 Å². The van der Waals surface area contributed by atoms with Gasteiger partial charge in [0.2, 0.25) is 5.91 Å². The molecule has 0 aliphatic heterocycles. The first-order valence-electron chi connectivity index (χ1n) is 8.10. The molecule has 0 fully saturated rings. The molecule has 0 radical (unpaired) electrons. The van der Waals surface area contributed by atoms with Crippen molar-refractivity contribution in [2.24, 2.45) is 10.4 Å². The normalized spacial score (nSPS) is 12.1. The monoisotopic (exact) mass is 339 g/mol. The van der Waals surface area contributed by atoms with Crippen molar-refractivity contribution in [1.29, 1.82) is 0 Å². The van der Waals surface area contributed by atoms with Gasteiger partial charge >= 0.3 is 0 Å². The summed E-state index contributed by atoms with van der Waals surface area (Å²) in [6.45, 7) is 12.4. The van der Waals surface area contributed by atoms with Gasteiger partial charge in [-0.25, -0.2) is 9.98 Å². The number of aromatic nitrogens is 1. The number of guanidine groups is 1. The summed E-state index contributed by atoms with van der Waals surface area (Å²) in [6.07, 6.45) is 2.92. The highest BCUT2D eigenvalue weighted by molar-refractivity contribution is 7.11. The lowest BCUT2D eigenvalue weighted by Crippen LogP contribution is -2.43. The summed E-state index contributed by atoms with van der Waals surface area (Å²) in [5, 5.41) is 10.3. The molecule has 0 aliphatic carbocycles. The molecule has 1 heterocycles. The number of hydrogen-bond acceptors (Lipinski definition) is 4. The molecule has 1 rings (SSSR count). The highest BCUT2D eigenvalue weighted by Crippen LogP contribution is 2.14. The van der Waals surface area contributed by atoms with E-state index in [1.807, 2.05) is 33.9 Å². The van der Waals surface area contributed by atoms with E-state index in [2.05, 4.69) is 32.9 Å². The number of aliphatic imine (C=N–C) groups is 1. The number of hydrogen-bond donors (Lipinski definition) is 3. The van der Waals surface area contributed by atoms with Crippen LogP contribution in [0.5, 0.6) is 0 Å². The Bertz CT molecular complexity index is 519. The van der Waals surface area contributed by atoms with Gasteiger partial charge in [-0.3, -0.25) is 4.79 Å². The van der Waals surface area contributed by atoms with Crippen molar-refractivity contribution < 1.29 is 4.79 Å². The Balaban J connectivity index is 2.42. The number of nitrogens with zero attached hydrogens (tertiary/aromatic N) is 2. The third kappa shape index (κ3) is 7.45. The molecule has 7 heteroatoms. The highest BCUT2D eigenvalue weighted by Gasteiger charge is 2.20. The standard InChI is InChI=1S/C16H29N5OS/c1-6-12-10-20-13(23-12)11-21-15(17-7-2)19-9-8-18-14(22)16(3,4)5/h10H,6-9,11H2,1-5H3,(H,18,22)(H2,17,19,21). The SMILES string of the molecule is CCNC(=NCc1ncc(CC)s1)NCCNC(=O)C(C)(C)C. The number of carbonyl (C=O) groups is 1. The van der Waals surface area contributed by atoms with E-state index in [0.717, 1.165) is 23.9 Å². The van der Waals surface area contributed by atoms with Gasteiger partial charge in [-0.1, -0.05) is 27.7 Å². The summed E-state index contributed by atoms with van der Waals surface area (Å²) in [6, 6.07) is 0. The van der Waals surface area contributed by atoms with E-state index in [-0.39, 0.29) is 11.3 Å². The van der Waals surface area contributed by atoms with E-state index in [9.17, 15) is 4.79 Å². The van der Waals surface area contributed by atoms with Crippen LogP contribution < -0.4 is 16.0 Å². The molecule has 1 aromatic rings. The summed E-state index contributed by atoms with van der Waals surface area (Å²) < 4.78 is 0. The molecule has 0 aliphatic rings. The van der Waals surface area contributed by atoms with Gasteiger partial charge in [0.05, 0.1) is 6.54 Å². The molecule has 6 nitrogen and oxygen atoms in total. The van der Waals surface area contributed by atoms with Crippen LogP contribution in [-0.4, -0.2) is 36.5 Å². The molecule has 0 saturated heterocycles. The fraction of sp³-hybridized carbons (Fsp3) is 0.688. The highest BCUT2D eigenvalue weighted by atomic mass is 32.1. The molecule has 0 atom stereocenters. The number of carbonyl (C=O) groups excluding carboxylic acids is 1. The zero-order chi connectivity index (χ0) is 17.3. The predicted molar refractivity (Wildman–Crippen MR) is 96.8 cm³/mol. The number of aryl methyl sites for hydroxylation is 1. The summed E-state index contributed by atoms with van der Waals surface area (Å²) >= 11 is 1.70. The third-order valence-corrected chi connectivity index (χ3v) is 4.18. The Morgan fingerprint density at radius 1 is 1.22 bits per heavy atom. The smallest absolute Gasteiger partial charge is 0.225 e. The lowest BCUT2D eigenvalue weighted by Gasteiger charge is -2.18. The average Bonchev–Trinajstić information content (AvgIpc) is 2.95. The second kappa shape index (κ2) is 9.50. The van der Waals surface area contributed by atoms with E-state index in [0.29, 0.717) is 19.6 Å². The van der Waals surface area contributed by atoms with E-state index in [1.165, 1.54) is 4.88 Å². The van der Waals surface area contributed by atoms with Gasteiger partial charge in [0.15, 0.2) is 5.96 Å². The van der Waals surface area contributed by atoms with Crippen LogP contribution in [-0.2, 0) is 17.8 Å². The van der Waals surface area contributed by atoms with Crippen molar-refractivity contribution in [3.8, 4) is 0 Å². The molecular formula is C16H29N5OS. The Labute approximate surface area is 143 Å². The first kappa shape index (κ1) is 19.4. The number of amides is 1. The van der Waals surface area contributed by atoms with E-state index < -0.39 is 0 Å². The molecule has 0 unspecified atom stereocenters. The molecule has 1 aromatic heterocycles. The van der Waals surface area contributed by atoms with Crippen LogP contribution in [0.2, 0.25) is 0 Å². The van der Waals surface area contributed by atoms with Crippen molar-refractivity contribution >= 4 is 23.2 Å². The maximum atomic E-state index is 11.8. The van der Waals surface area contributed by atoms with Crippen molar-refractivity contribution in [3.63, 3.8) is 0 Å². The van der Waals surface area contributed by atoms with Crippen LogP contribution in [0.15, 0.2) is 11.2 Å². The second-order valence-electron chi connectivity index (χ2n) is 6.20. The molecule has 0 spiro atoms. The number of thiazole rings is 1. The summed E-state index contributed by atoms with van der Waals surface area (Å²) in [5.74, 6) is 0.793. The quantitative estimate of drug-likeness (QED) is 0.403. The predicted octanol–water partition coefficient (Wildman–Crippen LogP) is 1.92. The van der Waals surface area contributed by atoms with Crippen molar-refractivity contribution in [2.45, 2.75) is 47.6 Å². The average molecular weight is 340 g/mol. The van der Waals surface area contributed by atoms with E-state index >= 15 is 0 Å². The molecule has 3 N–H and O–H groups in total. The largest absolute Gasteiger partial charge is 0.357 e. The molecule has 1 amide bonds. The van der Waals surface area contributed by atoms with Gasteiger partial charge in [-0.05, 0) is 13.3 Å². The minimum Gasteiger partial charge on any atom is -0.357 e. The van der Waals surface area contributed by atoms with Crippen molar-refractivity contribution in [2.75, 3.05) is 19.6 Å². The van der Waals surface area contributed by atoms with Gasteiger partial charge in [0.25, 0.3) is 0 Å². The Kier molecular flexibility index (Phi) is 8.02. The van der Waals surface area contributed by atoms with Crippen molar-refractivity contribution in [3.05, 3.63) is 16.1 Å². The van der Waals surface area contributed by atoms with Crippen LogP contribution in [0.1, 0.15) is 44.5 Å². The Hall–Kier alpha value is -1.63. The first-order valence-corrected chi connectivity index (χ1v) is 8.92. The second-order valence-corrected chi connectivity index (χ2v) is 7.40. The Morgan fingerprint density at radius 2 is 1.91 bits per heavy atom. The summed E-state index contributed by atoms with van der Waals surface area (Å²) in [4.78, 5) is 22.0. The third-order valence-electron chi connectivity index (χ3n) is 3.05.